The molecule has 0 fully saturated rings. The summed E-state index contributed by atoms with van der Waals surface area (Å²) in [6.45, 7) is 1.65. The van der Waals surface area contributed by atoms with Crippen molar-refractivity contribution in [3.05, 3.63) is 33.8 Å². The molecule has 0 amide bonds. The Morgan fingerprint density at radius 3 is 2.35 bits per heavy atom. The van der Waals surface area contributed by atoms with Crippen LogP contribution in [0.5, 0.6) is 0 Å². The van der Waals surface area contributed by atoms with Crippen molar-refractivity contribution in [2.75, 3.05) is 14.1 Å². The van der Waals surface area contributed by atoms with Crippen molar-refractivity contribution in [2.45, 2.75) is 13.1 Å². The molecule has 94 valence electrons. The van der Waals surface area contributed by atoms with Crippen LogP contribution >= 0.6 is 11.6 Å². The van der Waals surface area contributed by atoms with Crippen LogP contribution in [0, 0.1) is 6.92 Å². The predicted molar refractivity (Wildman–Crippen MR) is 62.5 cm³/mol. The average Bonchev–Trinajstić information content (AvgIpc) is 2.18. The van der Waals surface area contributed by atoms with Crippen LogP contribution in [0.4, 0.5) is 13.2 Å². The van der Waals surface area contributed by atoms with Crippen molar-refractivity contribution >= 4 is 17.8 Å². The van der Waals surface area contributed by atoms with E-state index < -0.39 is 11.7 Å². The smallest absolute Gasteiger partial charge is 0.303 e. The van der Waals surface area contributed by atoms with Crippen LogP contribution in [-0.2, 0) is 6.18 Å². The number of rotatable bonds is 2. The monoisotopic (exact) mass is 264 g/mol. The molecule has 2 nitrogen and oxygen atoms in total. The molecule has 0 aromatic heterocycles. The summed E-state index contributed by atoms with van der Waals surface area (Å²) in [7, 11) is 3.24. The molecule has 17 heavy (non-hydrogen) atoms. The van der Waals surface area contributed by atoms with Crippen LogP contribution in [0.25, 0.3) is 0 Å². The number of nitrogens with zero attached hydrogens (tertiary/aromatic N) is 2. The van der Waals surface area contributed by atoms with Crippen molar-refractivity contribution in [2.24, 2.45) is 5.10 Å². The van der Waals surface area contributed by atoms with Gasteiger partial charge in [-0.2, -0.15) is 18.3 Å². The number of alkyl halides is 3. The van der Waals surface area contributed by atoms with E-state index in [2.05, 4.69) is 5.10 Å². The molecule has 0 unspecified atom stereocenters. The van der Waals surface area contributed by atoms with Gasteiger partial charge in [0.2, 0.25) is 0 Å². The lowest BCUT2D eigenvalue weighted by Crippen LogP contribution is -2.11. The van der Waals surface area contributed by atoms with Gasteiger partial charge >= 0.3 is 6.18 Å². The molecule has 6 heteroatoms. The van der Waals surface area contributed by atoms with E-state index in [-0.39, 0.29) is 10.6 Å². The third-order valence-electron chi connectivity index (χ3n) is 2.10. The maximum absolute atomic E-state index is 12.8. The molecule has 0 aliphatic rings. The highest BCUT2D eigenvalue weighted by Crippen LogP contribution is 2.35. The summed E-state index contributed by atoms with van der Waals surface area (Å²) in [5, 5.41) is 5.27. The highest BCUT2D eigenvalue weighted by atomic mass is 35.5. The summed E-state index contributed by atoms with van der Waals surface area (Å²) in [5.74, 6) is 0. The molecule has 0 saturated carbocycles. The summed E-state index contributed by atoms with van der Waals surface area (Å²) in [6, 6.07) is 2.36. The minimum atomic E-state index is -4.44. The van der Waals surface area contributed by atoms with Crippen LogP contribution < -0.4 is 0 Å². The molecule has 0 N–H and O–H groups in total. The molecule has 1 aromatic rings. The maximum atomic E-state index is 12.8. The SMILES string of the molecule is Cc1ccc(C(F)(F)F)c(/C=N/N(C)C)c1Cl. The number of hydrogen-bond acceptors (Lipinski definition) is 2. The van der Waals surface area contributed by atoms with Gasteiger partial charge in [0, 0.05) is 19.7 Å². The van der Waals surface area contributed by atoms with E-state index in [0.717, 1.165) is 12.3 Å². The zero-order valence-corrected chi connectivity index (χ0v) is 10.4. The van der Waals surface area contributed by atoms with E-state index in [1.165, 1.54) is 11.1 Å². The molecule has 0 bridgehead atoms. The average molecular weight is 265 g/mol. The summed E-state index contributed by atoms with van der Waals surface area (Å²) in [6.07, 6.45) is -3.32. The lowest BCUT2D eigenvalue weighted by molar-refractivity contribution is -0.137. The van der Waals surface area contributed by atoms with Gasteiger partial charge in [-0.1, -0.05) is 17.7 Å². The first-order valence-electron chi connectivity index (χ1n) is 4.81. The lowest BCUT2D eigenvalue weighted by atomic mass is 10.0. The maximum Gasteiger partial charge on any atom is 0.417 e. The highest BCUT2D eigenvalue weighted by Gasteiger charge is 2.34. The summed E-state index contributed by atoms with van der Waals surface area (Å²) in [4.78, 5) is 0. The fourth-order valence-corrected chi connectivity index (χ4v) is 1.46. The van der Waals surface area contributed by atoms with E-state index in [9.17, 15) is 13.2 Å². The standard InChI is InChI=1S/C11H12ClF3N2/c1-7-4-5-9(11(13,14)15)8(10(7)12)6-16-17(2)3/h4-6H,1-3H3/b16-6+. The number of aryl methyl sites for hydroxylation is 1. The first-order chi connectivity index (χ1) is 7.73. The molecule has 0 aliphatic carbocycles. The van der Waals surface area contributed by atoms with Gasteiger partial charge in [-0.3, -0.25) is 0 Å². The molecule has 0 saturated heterocycles. The Kier molecular flexibility index (Phi) is 4.03. The fourth-order valence-electron chi connectivity index (χ4n) is 1.25. The predicted octanol–water partition coefficient (Wildman–Crippen LogP) is 3.56. The number of benzene rings is 1. The quantitative estimate of drug-likeness (QED) is 0.589. The lowest BCUT2D eigenvalue weighted by Gasteiger charge is -2.13. The van der Waals surface area contributed by atoms with Gasteiger partial charge in [-0.15, -0.1) is 0 Å². The van der Waals surface area contributed by atoms with Crippen molar-refractivity contribution in [1.29, 1.82) is 0 Å². The van der Waals surface area contributed by atoms with E-state index in [1.807, 2.05) is 0 Å². The van der Waals surface area contributed by atoms with Crippen LogP contribution in [0.2, 0.25) is 5.02 Å². The fraction of sp³-hybridized carbons (Fsp3) is 0.364. The normalized spacial score (nSPS) is 12.2. The van der Waals surface area contributed by atoms with Gasteiger partial charge in [0.15, 0.2) is 0 Å². The first-order valence-corrected chi connectivity index (χ1v) is 5.19. The molecular weight excluding hydrogens is 253 g/mol. The molecule has 0 atom stereocenters. The number of halogens is 4. The summed E-state index contributed by atoms with van der Waals surface area (Å²) < 4.78 is 38.3. The van der Waals surface area contributed by atoms with Crippen LogP contribution in [0.15, 0.2) is 17.2 Å². The van der Waals surface area contributed by atoms with Gasteiger partial charge in [0.05, 0.1) is 16.8 Å². The molecular formula is C11H12ClF3N2. The van der Waals surface area contributed by atoms with E-state index in [1.54, 1.807) is 21.0 Å². The molecule has 1 rings (SSSR count). The Bertz CT molecular complexity index is 439. The van der Waals surface area contributed by atoms with Gasteiger partial charge in [-0.05, 0) is 18.6 Å². The van der Waals surface area contributed by atoms with Gasteiger partial charge in [0.25, 0.3) is 0 Å². The molecule has 0 radical (unpaired) electrons. The Morgan fingerprint density at radius 2 is 1.88 bits per heavy atom. The van der Waals surface area contributed by atoms with Crippen molar-refractivity contribution < 1.29 is 13.2 Å². The number of hydrogen-bond donors (Lipinski definition) is 0. The largest absolute Gasteiger partial charge is 0.417 e. The second-order valence-electron chi connectivity index (χ2n) is 3.75. The Hall–Kier alpha value is -1.23. The molecule has 0 heterocycles. The van der Waals surface area contributed by atoms with E-state index in [0.29, 0.717) is 5.56 Å². The minimum absolute atomic E-state index is 0.0745. The van der Waals surface area contributed by atoms with Crippen molar-refractivity contribution in [1.82, 2.24) is 5.01 Å². The van der Waals surface area contributed by atoms with Gasteiger partial charge in [0.1, 0.15) is 0 Å². The molecule has 0 aliphatic heterocycles. The number of hydrazone groups is 1. The zero-order chi connectivity index (χ0) is 13.2. The Balaban J connectivity index is 3.37. The van der Waals surface area contributed by atoms with E-state index in [4.69, 9.17) is 11.6 Å². The highest BCUT2D eigenvalue weighted by molar-refractivity contribution is 6.34. The second kappa shape index (κ2) is 4.96. The third-order valence-corrected chi connectivity index (χ3v) is 2.60. The van der Waals surface area contributed by atoms with Crippen LogP contribution in [0.3, 0.4) is 0 Å². The van der Waals surface area contributed by atoms with Crippen LogP contribution in [0.1, 0.15) is 16.7 Å². The van der Waals surface area contributed by atoms with Crippen molar-refractivity contribution in [3.63, 3.8) is 0 Å². The second-order valence-corrected chi connectivity index (χ2v) is 4.13. The summed E-state index contributed by atoms with van der Waals surface area (Å²) in [5.41, 5.74) is -0.300. The topological polar surface area (TPSA) is 15.6 Å². The van der Waals surface area contributed by atoms with Gasteiger partial charge in [-0.25, -0.2) is 0 Å². The van der Waals surface area contributed by atoms with Crippen LogP contribution in [-0.4, -0.2) is 25.3 Å². The van der Waals surface area contributed by atoms with Crippen molar-refractivity contribution in [3.8, 4) is 0 Å². The zero-order valence-electron chi connectivity index (χ0n) is 9.64. The van der Waals surface area contributed by atoms with Gasteiger partial charge < -0.3 is 5.01 Å². The molecule has 0 spiro atoms. The minimum Gasteiger partial charge on any atom is -0.303 e. The third kappa shape index (κ3) is 3.36. The summed E-state index contributed by atoms with van der Waals surface area (Å²) >= 11 is 5.88. The first kappa shape index (κ1) is 13.8. The Labute approximate surface area is 103 Å². The molecule has 1 aromatic carbocycles. The Morgan fingerprint density at radius 1 is 1.29 bits per heavy atom. The van der Waals surface area contributed by atoms with E-state index >= 15 is 0 Å².